The van der Waals surface area contributed by atoms with Crippen LogP contribution in [-0.4, -0.2) is 95.7 Å². The predicted molar refractivity (Wildman–Crippen MR) is 134 cm³/mol. The molecule has 188 valence electrons. The first-order valence-corrected chi connectivity index (χ1v) is 11.2. The molecule has 1 atom stereocenters. The zero-order valence-corrected chi connectivity index (χ0v) is 21.0. The quantitative estimate of drug-likeness (QED) is 0.169. The summed E-state index contributed by atoms with van der Waals surface area (Å²) in [6, 6.07) is 0. The fourth-order valence-corrected chi connectivity index (χ4v) is 3.80. The van der Waals surface area contributed by atoms with E-state index in [1.165, 1.54) is 0 Å². The van der Waals surface area contributed by atoms with Crippen LogP contribution in [0.4, 0.5) is 5.82 Å². The van der Waals surface area contributed by atoms with Gasteiger partial charge >= 0.3 is 43.7 Å². The van der Waals surface area contributed by atoms with Crippen molar-refractivity contribution < 1.29 is 29.1 Å². The van der Waals surface area contributed by atoms with Crippen molar-refractivity contribution in [3.8, 4) is 0 Å². The van der Waals surface area contributed by atoms with E-state index in [1.54, 1.807) is 38.3 Å². The summed E-state index contributed by atoms with van der Waals surface area (Å²) in [5.41, 5.74) is 8.90. The Hall–Kier alpha value is -1.08. The first kappa shape index (κ1) is 32.9. The van der Waals surface area contributed by atoms with Crippen molar-refractivity contribution in [3.63, 3.8) is 0 Å². The molecule has 2 heterocycles. The first-order valence-electron chi connectivity index (χ1n) is 10.3. The van der Waals surface area contributed by atoms with E-state index >= 15 is 0 Å². The van der Waals surface area contributed by atoms with E-state index < -0.39 is 23.4 Å². The number of ether oxygens (including phenoxy) is 1. The molecule has 1 amide bonds. The van der Waals surface area contributed by atoms with Crippen LogP contribution in [0.2, 0.25) is 0 Å². The van der Waals surface area contributed by atoms with Crippen molar-refractivity contribution in [2.24, 2.45) is 5.41 Å². The number of nitrogens with one attached hydrogen (secondary N) is 1. The molecule has 0 unspecified atom stereocenters. The van der Waals surface area contributed by atoms with Crippen molar-refractivity contribution in [2.45, 2.75) is 53.2 Å². The number of rotatable bonds is 11. The number of thiazole rings is 1. The molecule has 0 aliphatic rings. The van der Waals surface area contributed by atoms with Gasteiger partial charge in [-0.2, -0.15) is 4.57 Å². The number of esters is 1. The predicted octanol–water partition coefficient (Wildman–Crippen LogP) is -0.450. The molecule has 0 saturated carbocycles. The van der Waals surface area contributed by atoms with Gasteiger partial charge in [0.15, 0.2) is 12.2 Å². The average molecular weight is 545 g/mol. The van der Waals surface area contributed by atoms with Crippen molar-refractivity contribution in [3.05, 3.63) is 33.7 Å². The molecule has 2 aromatic heterocycles. The topological polar surface area (TPSA) is 152 Å². The van der Waals surface area contributed by atoms with Gasteiger partial charge in [0.2, 0.25) is 11.4 Å². The summed E-state index contributed by atoms with van der Waals surface area (Å²) in [4.78, 5) is 33.3. The molecule has 0 bridgehead atoms. The fraction of sp³-hybridized carbons (Fsp3) is 0.571. The maximum absolute atomic E-state index is 11.9. The van der Waals surface area contributed by atoms with Gasteiger partial charge in [0.25, 0.3) is 0 Å². The number of nitrogens with zero attached hydrogens (tertiary/aromatic N) is 3. The number of nitrogens with two attached hydrogens (primary N) is 1. The molecule has 13 heteroatoms. The summed E-state index contributed by atoms with van der Waals surface area (Å²) in [6.45, 7) is 7.44. The number of hydrogen-bond acceptors (Lipinski definition) is 9. The molecule has 0 saturated heterocycles. The van der Waals surface area contributed by atoms with Crippen molar-refractivity contribution in [1.29, 1.82) is 0 Å². The molecule has 0 radical (unpaired) electrons. The van der Waals surface area contributed by atoms with Crippen LogP contribution in [0.1, 0.15) is 42.2 Å². The number of aliphatic hydroxyl groups excluding tert-OH is 2. The standard InChI is InChI=1S/C21H31N5O5S.Ca.ClH.2H/c1-13-16(32-12-26(13)10-15-9-24-14(2)25-19(15)22)6-8-31-17(28)5-7-23-20(30)18(29)21(3,4)11-27;;;;/h9,12,18,27,29H,5-8,10-11H2,1-4H3,(H2-,22,23,24,25,30);;1H;;/p+1/t18-;;;;/m0..../s1. The monoisotopic (exact) mass is 544 g/mol. The molecular weight excluding hydrogens is 510 g/mol. The Balaban J connectivity index is 0.00000544. The Morgan fingerprint density at radius 3 is 2.65 bits per heavy atom. The van der Waals surface area contributed by atoms with Gasteiger partial charge in [-0.05, 0) is 6.92 Å². The zero-order chi connectivity index (χ0) is 23.9. The zero-order valence-electron chi connectivity index (χ0n) is 19.3. The van der Waals surface area contributed by atoms with E-state index in [0.717, 1.165) is 16.1 Å². The Kier molecular flexibility index (Phi) is 14.6. The molecule has 10 nitrogen and oxygen atoms in total. The molecular formula is C21H35CaClN5O5S+. The van der Waals surface area contributed by atoms with Crippen LogP contribution in [0.3, 0.4) is 0 Å². The number of carbonyl (C=O) groups is 2. The number of hydrogen-bond donors (Lipinski definition) is 4. The van der Waals surface area contributed by atoms with Crippen LogP contribution in [0.5, 0.6) is 0 Å². The summed E-state index contributed by atoms with van der Waals surface area (Å²) in [5.74, 6) is 0.0271. The summed E-state index contributed by atoms with van der Waals surface area (Å²) in [5, 5.41) is 21.6. The number of aliphatic hydroxyl groups is 2. The van der Waals surface area contributed by atoms with Crippen LogP contribution in [0.15, 0.2) is 11.7 Å². The number of amides is 1. The number of anilines is 1. The fourth-order valence-electron chi connectivity index (χ4n) is 2.82. The van der Waals surface area contributed by atoms with Gasteiger partial charge in [-0.1, -0.05) is 25.2 Å². The molecule has 34 heavy (non-hydrogen) atoms. The minimum atomic E-state index is -1.36. The first-order chi connectivity index (χ1) is 15.0. The van der Waals surface area contributed by atoms with E-state index in [1.807, 2.05) is 12.4 Å². The van der Waals surface area contributed by atoms with Gasteiger partial charge in [0.05, 0.1) is 30.1 Å². The normalized spacial score (nSPS) is 11.7. The Labute approximate surface area is 239 Å². The Morgan fingerprint density at radius 1 is 1.35 bits per heavy atom. The van der Waals surface area contributed by atoms with Crippen LogP contribution in [-0.2, 0) is 27.3 Å². The number of carbonyl (C=O) groups excluding carboxylic acids is 2. The van der Waals surface area contributed by atoms with Gasteiger partial charge in [0, 0.05) is 31.5 Å². The SMILES string of the molecule is Cc1ncc(C[n+]2csc(CCOC(=O)CCNC(=O)[C@H](O)C(C)(C)CO)c2C)c(N)n1.Cl.[CaH2]. The molecule has 0 aromatic carbocycles. The molecule has 0 spiro atoms. The number of aryl methyl sites for hydroxylation is 1. The average Bonchev–Trinajstić information content (AvgIpc) is 3.08. The van der Waals surface area contributed by atoms with Gasteiger partial charge in [0.1, 0.15) is 17.7 Å². The summed E-state index contributed by atoms with van der Waals surface area (Å²) < 4.78 is 7.31. The van der Waals surface area contributed by atoms with Crippen LogP contribution >= 0.6 is 23.7 Å². The Morgan fingerprint density at radius 2 is 2.03 bits per heavy atom. The third-order valence-corrected chi connectivity index (χ3v) is 6.28. The summed E-state index contributed by atoms with van der Waals surface area (Å²) in [7, 11) is 0. The van der Waals surface area contributed by atoms with Crippen LogP contribution in [0, 0.1) is 19.3 Å². The maximum atomic E-state index is 11.9. The van der Waals surface area contributed by atoms with Gasteiger partial charge < -0.3 is 26.0 Å². The van der Waals surface area contributed by atoms with E-state index in [9.17, 15) is 19.8 Å². The van der Waals surface area contributed by atoms with E-state index in [0.29, 0.717) is 24.6 Å². The molecule has 0 aliphatic carbocycles. The van der Waals surface area contributed by atoms with Crippen molar-refractivity contribution in [1.82, 2.24) is 15.3 Å². The molecule has 0 fully saturated rings. The molecule has 0 aliphatic heterocycles. The van der Waals surface area contributed by atoms with E-state index in [2.05, 4.69) is 19.9 Å². The van der Waals surface area contributed by atoms with Gasteiger partial charge in [-0.25, -0.2) is 9.97 Å². The van der Waals surface area contributed by atoms with Crippen molar-refractivity contribution in [2.75, 3.05) is 25.5 Å². The van der Waals surface area contributed by atoms with Gasteiger partial charge in [-0.15, -0.1) is 12.4 Å². The second-order valence-electron chi connectivity index (χ2n) is 8.25. The molecule has 2 rings (SSSR count). The number of aromatic nitrogens is 3. The number of nitrogen functional groups attached to an aromatic ring is 1. The number of halogens is 1. The summed E-state index contributed by atoms with van der Waals surface area (Å²) in [6.07, 6.45) is 0.934. The van der Waals surface area contributed by atoms with E-state index in [4.69, 9.17) is 10.5 Å². The summed E-state index contributed by atoms with van der Waals surface area (Å²) >= 11 is 1.57. The van der Waals surface area contributed by atoms with Gasteiger partial charge in [-0.3, -0.25) is 9.59 Å². The second-order valence-corrected chi connectivity index (χ2v) is 9.19. The minimum absolute atomic E-state index is 0. The van der Waals surface area contributed by atoms with Crippen LogP contribution < -0.4 is 15.6 Å². The van der Waals surface area contributed by atoms with E-state index in [-0.39, 0.29) is 76.3 Å². The molecule has 5 N–H and O–H groups in total. The Bertz CT molecular complexity index is 960. The van der Waals surface area contributed by atoms with Crippen molar-refractivity contribution >= 4 is 79.2 Å². The third-order valence-electron chi connectivity index (χ3n) is 5.13. The van der Waals surface area contributed by atoms with Crippen LogP contribution in [0.25, 0.3) is 0 Å². The second kappa shape index (κ2) is 15.1. The third kappa shape index (κ3) is 9.52. The molecule has 2 aromatic rings.